The van der Waals surface area contributed by atoms with Gasteiger partial charge in [0.1, 0.15) is 11.4 Å². The number of amides is 1. The molecule has 0 fully saturated rings. The van der Waals surface area contributed by atoms with Crippen molar-refractivity contribution < 1.29 is 9.53 Å². The Labute approximate surface area is 159 Å². The van der Waals surface area contributed by atoms with E-state index in [9.17, 15) is 4.79 Å². The number of pyridine rings is 1. The summed E-state index contributed by atoms with van der Waals surface area (Å²) in [7, 11) is 0. The van der Waals surface area contributed by atoms with Crippen molar-refractivity contribution in [2.45, 2.75) is 20.8 Å². The summed E-state index contributed by atoms with van der Waals surface area (Å²) in [6, 6.07) is 17.0. The van der Waals surface area contributed by atoms with Gasteiger partial charge in [0.05, 0.1) is 18.5 Å². The van der Waals surface area contributed by atoms with Gasteiger partial charge in [0.25, 0.3) is 5.91 Å². The van der Waals surface area contributed by atoms with Crippen LogP contribution in [0.4, 0.5) is 17.1 Å². The highest BCUT2D eigenvalue weighted by molar-refractivity contribution is 6.03. The van der Waals surface area contributed by atoms with Crippen molar-refractivity contribution in [1.82, 2.24) is 4.98 Å². The van der Waals surface area contributed by atoms with Crippen molar-refractivity contribution in [3.63, 3.8) is 0 Å². The van der Waals surface area contributed by atoms with Gasteiger partial charge in [-0.3, -0.25) is 4.79 Å². The standard InChI is InChI=1S/C22H23N3O2/c1-4-27-19-11-8-17(9-12-19)25-22(26)20-13-10-18(14-23-20)24-21-15(2)6-5-7-16(21)3/h5-14,24H,4H2,1-3H3,(H,25,26). The molecule has 0 aliphatic heterocycles. The minimum Gasteiger partial charge on any atom is -0.494 e. The number of nitrogens with one attached hydrogen (secondary N) is 2. The maximum atomic E-state index is 12.4. The van der Waals surface area contributed by atoms with Gasteiger partial charge in [0, 0.05) is 11.4 Å². The molecule has 0 bridgehead atoms. The molecule has 5 nitrogen and oxygen atoms in total. The van der Waals surface area contributed by atoms with E-state index in [1.807, 2.05) is 31.2 Å². The normalized spacial score (nSPS) is 10.3. The molecule has 0 atom stereocenters. The summed E-state index contributed by atoms with van der Waals surface area (Å²) in [4.78, 5) is 16.7. The fourth-order valence-electron chi connectivity index (χ4n) is 2.75. The summed E-state index contributed by atoms with van der Waals surface area (Å²) in [6.45, 7) is 6.65. The molecule has 1 aromatic heterocycles. The molecule has 0 spiro atoms. The Kier molecular flexibility index (Phi) is 5.71. The Morgan fingerprint density at radius 1 is 0.963 bits per heavy atom. The average molecular weight is 361 g/mol. The van der Waals surface area contributed by atoms with Crippen molar-refractivity contribution in [3.05, 3.63) is 77.6 Å². The van der Waals surface area contributed by atoms with Crippen molar-refractivity contribution in [1.29, 1.82) is 0 Å². The molecule has 0 aliphatic carbocycles. The highest BCUT2D eigenvalue weighted by Crippen LogP contribution is 2.24. The van der Waals surface area contributed by atoms with Gasteiger partial charge in [-0.05, 0) is 68.3 Å². The number of anilines is 3. The lowest BCUT2D eigenvalue weighted by molar-refractivity contribution is 0.102. The molecule has 0 aliphatic rings. The van der Waals surface area contributed by atoms with Gasteiger partial charge < -0.3 is 15.4 Å². The number of ether oxygens (including phenoxy) is 1. The summed E-state index contributed by atoms with van der Waals surface area (Å²) >= 11 is 0. The van der Waals surface area contributed by atoms with E-state index in [4.69, 9.17) is 4.74 Å². The zero-order chi connectivity index (χ0) is 19.2. The summed E-state index contributed by atoms with van der Waals surface area (Å²) in [5, 5.41) is 6.20. The van der Waals surface area contributed by atoms with Crippen LogP contribution in [0.3, 0.4) is 0 Å². The van der Waals surface area contributed by atoms with E-state index >= 15 is 0 Å². The minimum atomic E-state index is -0.252. The molecule has 0 unspecified atom stereocenters. The molecule has 27 heavy (non-hydrogen) atoms. The molecule has 138 valence electrons. The Morgan fingerprint density at radius 2 is 1.63 bits per heavy atom. The van der Waals surface area contributed by atoms with Gasteiger partial charge in [-0.1, -0.05) is 18.2 Å². The number of aromatic nitrogens is 1. The van der Waals surface area contributed by atoms with E-state index in [0.29, 0.717) is 18.0 Å². The Balaban J connectivity index is 1.66. The van der Waals surface area contributed by atoms with E-state index in [2.05, 4.69) is 41.6 Å². The number of aryl methyl sites for hydroxylation is 2. The quantitative estimate of drug-likeness (QED) is 0.642. The number of hydrogen-bond donors (Lipinski definition) is 2. The Bertz CT molecular complexity index is 899. The van der Waals surface area contributed by atoms with Crippen LogP contribution in [-0.4, -0.2) is 17.5 Å². The smallest absolute Gasteiger partial charge is 0.274 e. The van der Waals surface area contributed by atoms with Crippen molar-refractivity contribution in [2.24, 2.45) is 0 Å². The second-order valence-corrected chi connectivity index (χ2v) is 6.24. The van der Waals surface area contributed by atoms with E-state index in [-0.39, 0.29) is 5.91 Å². The number of carbonyl (C=O) groups excluding carboxylic acids is 1. The number of carbonyl (C=O) groups is 1. The maximum absolute atomic E-state index is 12.4. The number of para-hydroxylation sites is 1. The largest absolute Gasteiger partial charge is 0.494 e. The van der Waals surface area contributed by atoms with E-state index in [0.717, 1.165) is 28.3 Å². The van der Waals surface area contributed by atoms with Gasteiger partial charge in [0.15, 0.2) is 0 Å². The van der Waals surface area contributed by atoms with Crippen molar-refractivity contribution >= 4 is 23.0 Å². The van der Waals surface area contributed by atoms with Gasteiger partial charge in [-0.2, -0.15) is 0 Å². The molecule has 2 aromatic carbocycles. The second kappa shape index (κ2) is 8.36. The third-order valence-corrected chi connectivity index (χ3v) is 4.17. The molecule has 3 aromatic rings. The lowest BCUT2D eigenvalue weighted by Gasteiger charge is -2.12. The molecular weight excluding hydrogens is 338 g/mol. The third-order valence-electron chi connectivity index (χ3n) is 4.17. The summed E-state index contributed by atoms with van der Waals surface area (Å²) in [6.07, 6.45) is 1.67. The summed E-state index contributed by atoms with van der Waals surface area (Å²) < 4.78 is 5.40. The number of nitrogens with zero attached hydrogens (tertiary/aromatic N) is 1. The molecule has 1 amide bonds. The van der Waals surface area contributed by atoms with Crippen LogP contribution in [-0.2, 0) is 0 Å². The second-order valence-electron chi connectivity index (χ2n) is 6.24. The highest BCUT2D eigenvalue weighted by atomic mass is 16.5. The van der Waals surface area contributed by atoms with Gasteiger partial charge in [0.2, 0.25) is 0 Å². The molecule has 0 radical (unpaired) electrons. The molecular formula is C22H23N3O2. The Hall–Kier alpha value is -3.34. The van der Waals surface area contributed by atoms with Crippen LogP contribution in [0, 0.1) is 13.8 Å². The first-order valence-corrected chi connectivity index (χ1v) is 8.90. The Morgan fingerprint density at radius 3 is 2.22 bits per heavy atom. The van der Waals surface area contributed by atoms with Crippen molar-refractivity contribution in [3.8, 4) is 5.75 Å². The monoisotopic (exact) mass is 361 g/mol. The maximum Gasteiger partial charge on any atom is 0.274 e. The predicted octanol–water partition coefficient (Wildman–Crippen LogP) is 5.09. The third kappa shape index (κ3) is 4.64. The van der Waals surface area contributed by atoms with Crippen LogP contribution < -0.4 is 15.4 Å². The van der Waals surface area contributed by atoms with Gasteiger partial charge in [-0.15, -0.1) is 0 Å². The van der Waals surface area contributed by atoms with Crippen LogP contribution in [0.2, 0.25) is 0 Å². The first-order chi connectivity index (χ1) is 13.1. The summed E-state index contributed by atoms with van der Waals surface area (Å²) in [5.41, 5.74) is 5.27. The molecule has 1 heterocycles. The summed E-state index contributed by atoms with van der Waals surface area (Å²) in [5.74, 6) is 0.522. The lowest BCUT2D eigenvalue weighted by atomic mass is 10.1. The average Bonchev–Trinajstić information content (AvgIpc) is 2.67. The molecule has 5 heteroatoms. The SMILES string of the molecule is CCOc1ccc(NC(=O)c2ccc(Nc3c(C)cccc3C)cn2)cc1. The number of benzene rings is 2. The van der Waals surface area contributed by atoms with Crippen LogP contribution in [0.1, 0.15) is 28.5 Å². The fourth-order valence-corrected chi connectivity index (χ4v) is 2.75. The molecule has 0 saturated carbocycles. The van der Waals surface area contributed by atoms with E-state index in [1.54, 1.807) is 24.4 Å². The zero-order valence-corrected chi connectivity index (χ0v) is 15.7. The first kappa shape index (κ1) is 18.5. The molecule has 2 N–H and O–H groups in total. The lowest BCUT2D eigenvalue weighted by Crippen LogP contribution is -2.13. The van der Waals surface area contributed by atoms with E-state index in [1.165, 1.54) is 0 Å². The van der Waals surface area contributed by atoms with Crippen LogP contribution in [0.15, 0.2) is 60.8 Å². The fraction of sp³-hybridized carbons (Fsp3) is 0.182. The van der Waals surface area contributed by atoms with E-state index < -0.39 is 0 Å². The van der Waals surface area contributed by atoms with Gasteiger partial charge >= 0.3 is 0 Å². The first-order valence-electron chi connectivity index (χ1n) is 8.90. The highest BCUT2D eigenvalue weighted by Gasteiger charge is 2.09. The zero-order valence-electron chi connectivity index (χ0n) is 15.7. The van der Waals surface area contributed by atoms with Gasteiger partial charge in [-0.25, -0.2) is 4.98 Å². The molecule has 3 rings (SSSR count). The predicted molar refractivity (Wildman–Crippen MR) is 109 cm³/mol. The van der Waals surface area contributed by atoms with Crippen LogP contribution in [0.25, 0.3) is 0 Å². The number of rotatable bonds is 6. The molecule has 0 saturated heterocycles. The van der Waals surface area contributed by atoms with Crippen molar-refractivity contribution in [2.75, 3.05) is 17.2 Å². The minimum absolute atomic E-state index is 0.252. The number of hydrogen-bond acceptors (Lipinski definition) is 4. The van der Waals surface area contributed by atoms with Crippen LogP contribution in [0.5, 0.6) is 5.75 Å². The van der Waals surface area contributed by atoms with Crippen LogP contribution >= 0.6 is 0 Å². The topological polar surface area (TPSA) is 63.2 Å².